The normalized spacial score (nSPS) is 11.9. The van der Waals surface area contributed by atoms with Gasteiger partial charge in [0.2, 0.25) is 0 Å². The van der Waals surface area contributed by atoms with Gasteiger partial charge in [-0.2, -0.15) is 0 Å². The van der Waals surface area contributed by atoms with Gasteiger partial charge in [0.15, 0.2) is 0 Å². The second-order valence-corrected chi connectivity index (χ2v) is 3.79. The van der Waals surface area contributed by atoms with Gasteiger partial charge in [0, 0.05) is 12.1 Å². The Morgan fingerprint density at radius 2 is 2.24 bits per heavy atom. The summed E-state index contributed by atoms with van der Waals surface area (Å²) < 4.78 is 0. The lowest BCUT2D eigenvalue weighted by molar-refractivity contribution is -0.385. The van der Waals surface area contributed by atoms with Crippen LogP contribution >= 0.6 is 0 Å². The molecule has 6 heteroatoms. The SMILES string of the molecule is Cc1cccc(C(=O)NC[C@@H](C)O)c1[N+](=O)[O-]. The Labute approximate surface area is 98.4 Å². The number of benzene rings is 1. The van der Waals surface area contributed by atoms with Crippen molar-refractivity contribution in [2.75, 3.05) is 6.54 Å². The van der Waals surface area contributed by atoms with Gasteiger partial charge in [-0.1, -0.05) is 12.1 Å². The van der Waals surface area contributed by atoms with Gasteiger partial charge in [-0.25, -0.2) is 0 Å². The van der Waals surface area contributed by atoms with Crippen molar-refractivity contribution in [3.05, 3.63) is 39.4 Å². The Morgan fingerprint density at radius 3 is 2.76 bits per heavy atom. The number of carbonyl (C=O) groups is 1. The van der Waals surface area contributed by atoms with Gasteiger partial charge in [-0.05, 0) is 19.9 Å². The number of nitrogens with one attached hydrogen (secondary N) is 1. The first-order valence-electron chi connectivity index (χ1n) is 5.13. The molecule has 0 aliphatic carbocycles. The molecule has 0 aromatic heterocycles. The number of aliphatic hydroxyl groups excluding tert-OH is 1. The van der Waals surface area contributed by atoms with Crippen molar-refractivity contribution in [3.8, 4) is 0 Å². The van der Waals surface area contributed by atoms with E-state index in [1.165, 1.54) is 13.0 Å². The summed E-state index contributed by atoms with van der Waals surface area (Å²) in [6.07, 6.45) is -0.692. The van der Waals surface area contributed by atoms with Crippen molar-refractivity contribution in [2.45, 2.75) is 20.0 Å². The molecule has 1 aromatic carbocycles. The number of rotatable bonds is 4. The minimum Gasteiger partial charge on any atom is -0.392 e. The standard InChI is InChI=1S/C11H14N2O4/c1-7-4-3-5-9(10(7)13(16)17)11(15)12-6-8(2)14/h3-5,8,14H,6H2,1-2H3,(H,12,15)/t8-/m1/s1. The van der Waals surface area contributed by atoms with Crippen molar-refractivity contribution < 1.29 is 14.8 Å². The Morgan fingerprint density at radius 1 is 1.59 bits per heavy atom. The Bertz CT molecular complexity index is 443. The van der Waals surface area contributed by atoms with Gasteiger partial charge in [0.25, 0.3) is 11.6 Å². The van der Waals surface area contributed by atoms with Gasteiger partial charge in [-0.3, -0.25) is 14.9 Å². The van der Waals surface area contributed by atoms with Crippen LogP contribution in [-0.4, -0.2) is 28.6 Å². The Kier molecular flexibility index (Phi) is 4.17. The molecule has 0 saturated heterocycles. The zero-order valence-corrected chi connectivity index (χ0v) is 9.64. The molecular formula is C11H14N2O4. The van der Waals surface area contributed by atoms with Crippen LogP contribution in [0.5, 0.6) is 0 Å². The second kappa shape index (κ2) is 5.40. The zero-order chi connectivity index (χ0) is 13.0. The number of hydrogen-bond donors (Lipinski definition) is 2. The number of hydrogen-bond acceptors (Lipinski definition) is 4. The third-order valence-corrected chi connectivity index (χ3v) is 2.22. The first-order chi connectivity index (χ1) is 7.93. The molecule has 6 nitrogen and oxygen atoms in total. The Balaban J connectivity index is 3.01. The molecule has 0 bridgehead atoms. The van der Waals surface area contributed by atoms with Crippen LogP contribution in [0, 0.1) is 17.0 Å². The Hall–Kier alpha value is -1.95. The zero-order valence-electron chi connectivity index (χ0n) is 9.64. The lowest BCUT2D eigenvalue weighted by atomic mass is 10.1. The average molecular weight is 238 g/mol. The van der Waals surface area contributed by atoms with Crippen molar-refractivity contribution in [1.29, 1.82) is 0 Å². The summed E-state index contributed by atoms with van der Waals surface area (Å²) in [7, 11) is 0. The van der Waals surface area contributed by atoms with Crippen LogP contribution < -0.4 is 5.32 Å². The summed E-state index contributed by atoms with van der Waals surface area (Å²) in [6.45, 7) is 3.15. The van der Waals surface area contributed by atoms with Gasteiger partial charge in [-0.15, -0.1) is 0 Å². The maximum atomic E-state index is 11.7. The number of carbonyl (C=O) groups excluding carboxylic acids is 1. The fourth-order valence-electron chi connectivity index (χ4n) is 1.42. The third kappa shape index (κ3) is 3.25. The molecule has 2 N–H and O–H groups in total. The quantitative estimate of drug-likeness (QED) is 0.605. The van der Waals surface area contributed by atoms with Crippen LogP contribution in [0.25, 0.3) is 0 Å². The van der Waals surface area contributed by atoms with Crippen LogP contribution in [0.3, 0.4) is 0 Å². The van der Waals surface area contributed by atoms with E-state index >= 15 is 0 Å². The number of aliphatic hydroxyl groups is 1. The highest BCUT2D eigenvalue weighted by Crippen LogP contribution is 2.22. The molecule has 0 unspecified atom stereocenters. The number of nitrogens with zero attached hydrogens (tertiary/aromatic N) is 1. The molecular weight excluding hydrogens is 224 g/mol. The molecule has 0 radical (unpaired) electrons. The number of nitro benzene ring substituents is 1. The van der Waals surface area contributed by atoms with E-state index in [0.717, 1.165) is 0 Å². The van der Waals surface area contributed by atoms with E-state index in [2.05, 4.69) is 5.32 Å². The van der Waals surface area contributed by atoms with Crippen LogP contribution in [-0.2, 0) is 0 Å². The molecule has 0 heterocycles. The van der Waals surface area contributed by atoms with Crippen molar-refractivity contribution in [1.82, 2.24) is 5.32 Å². The van der Waals surface area contributed by atoms with E-state index < -0.39 is 16.9 Å². The summed E-state index contributed by atoms with van der Waals surface area (Å²) in [5.74, 6) is -0.554. The van der Waals surface area contributed by atoms with Crippen LogP contribution in [0.15, 0.2) is 18.2 Å². The molecule has 0 aliphatic rings. The van der Waals surface area contributed by atoms with Crippen molar-refractivity contribution in [2.24, 2.45) is 0 Å². The molecule has 1 amide bonds. The van der Waals surface area contributed by atoms with E-state index in [1.807, 2.05) is 0 Å². The third-order valence-electron chi connectivity index (χ3n) is 2.22. The van der Waals surface area contributed by atoms with E-state index in [1.54, 1.807) is 19.1 Å². The van der Waals surface area contributed by atoms with Crippen LogP contribution in [0.4, 0.5) is 5.69 Å². The number of amides is 1. The van der Waals surface area contributed by atoms with Crippen LogP contribution in [0.1, 0.15) is 22.8 Å². The predicted molar refractivity (Wildman–Crippen MR) is 61.8 cm³/mol. The fraction of sp³-hybridized carbons (Fsp3) is 0.364. The largest absolute Gasteiger partial charge is 0.392 e. The first kappa shape index (κ1) is 13.1. The minimum atomic E-state index is -0.692. The van der Waals surface area contributed by atoms with Gasteiger partial charge >= 0.3 is 0 Å². The fourth-order valence-corrected chi connectivity index (χ4v) is 1.42. The van der Waals surface area contributed by atoms with Gasteiger partial charge in [0.1, 0.15) is 5.56 Å². The monoisotopic (exact) mass is 238 g/mol. The van der Waals surface area contributed by atoms with Crippen molar-refractivity contribution in [3.63, 3.8) is 0 Å². The van der Waals surface area contributed by atoms with Gasteiger partial charge < -0.3 is 10.4 Å². The van der Waals surface area contributed by atoms with E-state index in [4.69, 9.17) is 5.11 Å². The second-order valence-electron chi connectivity index (χ2n) is 3.79. The maximum absolute atomic E-state index is 11.7. The lowest BCUT2D eigenvalue weighted by Crippen LogP contribution is -2.31. The molecule has 92 valence electrons. The summed E-state index contributed by atoms with van der Waals surface area (Å²) in [5, 5.41) is 22.3. The molecule has 1 rings (SSSR count). The smallest absolute Gasteiger partial charge is 0.285 e. The molecule has 1 aromatic rings. The van der Waals surface area contributed by atoms with E-state index in [9.17, 15) is 14.9 Å². The molecule has 0 fully saturated rings. The first-order valence-corrected chi connectivity index (χ1v) is 5.13. The molecule has 0 spiro atoms. The highest BCUT2D eigenvalue weighted by atomic mass is 16.6. The van der Waals surface area contributed by atoms with Crippen molar-refractivity contribution >= 4 is 11.6 Å². The van der Waals surface area contributed by atoms with Gasteiger partial charge in [0.05, 0.1) is 11.0 Å². The predicted octanol–water partition coefficient (Wildman–Crippen LogP) is 1.01. The van der Waals surface area contributed by atoms with Crippen LogP contribution in [0.2, 0.25) is 0 Å². The number of para-hydroxylation sites is 1. The molecule has 0 aliphatic heterocycles. The van der Waals surface area contributed by atoms with E-state index in [-0.39, 0.29) is 17.8 Å². The molecule has 1 atom stereocenters. The molecule has 17 heavy (non-hydrogen) atoms. The lowest BCUT2D eigenvalue weighted by Gasteiger charge is -2.08. The molecule has 0 saturated carbocycles. The number of aryl methyl sites for hydroxylation is 1. The number of nitro groups is 1. The topological polar surface area (TPSA) is 92.5 Å². The summed E-state index contributed by atoms with van der Waals surface area (Å²) >= 11 is 0. The summed E-state index contributed by atoms with van der Waals surface area (Å²) in [4.78, 5) is 22.0. The highest BCUT2D eigenvalue weighted by Gasteiger charge is 2.22. The minimum absolute atomic E-state index is 0.00986. The van der Waals surface area contributed by atoms with E-state index in [0.29, 0.717) is 5.56 Å². The maximum Gasteiger partial charge on any atom is 0.285 e. The summed E-state index contributed by atoms with van der Waals surface area (Å²) in [6, 6.07) is 4.55. The highest BCUT2D eigenvalue weighted by molar-refractivity contribution is 5.98. The average Bonchev–Trinajstić information content (AvgIpc) is 2.24. The summed E-state index contributed by atoms with van der Waals surface area (Å²) in [5.41, 5.74) is 0.242.